The Morgan fingerprint density at radius 2 is 1.92 bits per heavy atom. The number of carbonyl (C=O) groups is 1. The van der Waals surface area contributed by atoms with Crippen molar-refractivity contribution in [1.82, 2.24) is 15.9 Å². The topological polar surface area (TPSA) is 91.0 Å². The van der Waals surface area contributed by atoms with E-state index in [9.17, 15) is 18.0 Å². The number of hydrogen-bond donors (Lipinski definition) is 3. The number of nitrogens with zero attached hydrogens (tertiary/aromatic N) is 3. The molecule has 206 valence electrons. The number of hydrogen-bond acceptors (Lipinski definition) is 8. The van der Waals surface area contributed by atoms with Crippen molar-refractivity contribution in [3.05, 3.63) is 83.3 Å². The number of rotatable bonds is 9. The summed E-state index contributed by atoms with van der Waals surface area (Å²) in [6.45, 7) is 2.43. The molecular formula is C27H29F3N6O3. The monoisotopic (exact) mass is 542 g/mol. The van der Waals surface area contributed by atoms with Crippen molar-refractivity contribution in [2.75, 3.05) is 49.6 Å². The van der Waals surface area contributed by atoms with Gasteiger partial charge in [0.2, 0.25) is 0 Å². The van der Waals surface area contributed by atoms with Crippen LogP contribution < -0.4 is 30.9 Å². The third kappa shape index (κ3) is 6.41. The van der Waals surface area contributed by atoms with Gasteiger partial charge in [0.25, 0.3) is 5.91 Å². The lowest BCUT2D eigenvalue weighted by atomic mass is 10.1. The normalized spacial score (nSPS) is 13.1. The molecule has 0 fully saturated rings. The number of likely N-dealkylation sites (N-methyl/N-ethyl adjacent to an activating group) is 1. The summed E-state index contributed by atoms with van der Waals surface area (Å²) in [6.07, 6.45) is 0.473. The van der Waals surface area contributed by atoms with Gasteiger partial charge in [0.1, 0.15) is 5.75 Å². The van der Waals surface area contributed by atoms with Gasteiger partial charge in [-0.25, -0.2) is 0 Å². The van der Waals surface area contributed by atoms with Gasteiger partial charge in [0, 0.05) is 55.6 Å². The van der Waals surface area contributed by atoms with Crippen molar-refractivity contribution in [2.24, 2.45) is 0 Å². The summed E-state index contributed by atoms with van der Waals surface area (Å²) in [7, 11) is 4.60. The largest absolute Gasteiger partial charge is 0.495 e. The van der Waals surface area contributed by atoms with Gasteiger partial charge < -0.3 is 25.1 Å². The number of aromatic nitrogens is 1. The van der Waals surface area contributed by atoms with E-state index in [0.29, 0.717) is 11.4 Å². The van der Waals surface area contributed by atoms with Crippen molar-refractivity contribution in [3.63, 3.8) is 0 Å². The summed E-state index contributed by atoms with van der Waals surface area (Å²) < 4.78 is 51.7. The Hall–Kier alpha value is -4.29. The SMILES string of the molecule is COCCN(C)c1ccc(NC(=O)c2ccc(C)c(N3C=C(c4cncc(OC)c4)NN3)c2)cc1C(F)(F)F. The number of benzene rings is 2. The minimum atomic E-state index is -4.61. The van der Waals surface area contributed by atoms with Crippen molar-refractivity contribution < 1.29 is 27.4 Å². The zero-order valence-corrected chi connectivity index (χ0v) is 21.9. The molecule has 0 atom stereocenters. The van der Waals surface area contributed by atoms with Crippen LogP contribution in [0.25, 0.3) is 5.70 Å². The average molecular weight is 543 g/mol. The molecule has 0 saturated heterocycles. The van der Waals surface area contributed by atoms with E-state index in [-0.39, 0.29) is 30.1 Å². The molecule has 2 aromatic carbocycles. The highest BCUT2D eigenvalue weighted by Gasteiger charge is 2.35. The summed E-state index contributed by atoms with van der Waals surface area (Å²) in [5, 5.41) is 4.29. The van der Waals surface area contributed by atoms with Crippen LogP contribution in [0.4, 0.5) is 30.2 Å². The van der Waals surface area contributed by atoms with E-state index in [4.69, 9.17) is 9.47 Å². The first kappa shape index (κ1) is 27.7. The van der Waals surface area contributed by atoms with E-state index >= 15 is 0 Å². The van der Waals surface area contributed by atoms with E-state index in [0.717, 1.165) is 22.9 Å². The molecule has 3 aromatic rings. The summed E-state index contributed by atoms with van der Waals surface area (Å²) in [4.78, 5) is 18.7. The molecule has 1 aliphatic rings. The highest BCUT2D eigenvalue weighted by molar-refractivity contribution is 6.05. The molecule has 2 heterocycles. The summed E-state index contributed by atoms with van der Waals surface area (Å²) in [6, 6.07) is 10.6. The number of carbonyl (C=O) groups excluding carboxylic acids is 1. The standard InChI is InChI=1S/C27H29F3N6O3/c1-17-5-6-18(12-25(17)36-16-23(33-34-36)19-11-21(39-4)15-31-14-19)26(37)32-20-7-8-24(35(2)9-10-38-3)22(13-20)27(28,29)30/h5-8,11-16,33-34H,9-10H2,1-4H3,(H,32,37). The number of hydrazine groups is 2. The molecule has 39 heavy (non-hydrogen) atoms. The minimum absolute atomic E-state index is 0.00314. The van der Waals surface area contributed by atoms with Crippen molar-refractivity contribution in [2.45, 2.75) is 13.1 Å². The second kappa shape index (κ2) is 11.6. The Balaban J connectivity index is 1.56. The van der Waals surface area contributed by atoms with Crippen LogP contribution >= 0.6 is 0 Å². The first-order valence-corrected chi connectivity index (χ1v) is 12.0. The maximum atomic E-state index is 13.8. The third-order valence-corrected chi connectivity index (χ3v) is 6.16. The van der Waals surface area contributed by atoms with Gasteiger partial charge in [-0.05, 0) is 48.9 Å². The van der Waals surface area contributed by atoms with Crippen molar-refractivity contribution in [1.29, 1.82) is 0 Å². The molecule has 1 amide bonds. The zero-order chi connectivity index (χ0) is 28.2. The molecule has 12 heteroatoms. The molecular weight excluding hydrogens is 513 g/mol. The zero-order valence-electron chi connectivity index (χ0n) is 21.9. The number of ether oxygens (including phenoxy) is 2. The lowest BCUT2D eigenvalue weighted by molar-refractivity contribution is -0.137. The van der Waals surface area contributed by atoms with Gasteiger partial charge in [0.05, 0.1) is 36.9 Å². The lowest BCUT2D eigenvalue weighted by Gasteiger charge is -2.24. The van der Waals surface area contributed by atoms with Gasteiger partial charge in [-0.3, -0.25) is 14.8 Å². The predicted molar refractivity (Wildman–Crippen MR) is 143 cm³/mol. The van der Waals surface area contributed by atoms with Crippen molar-refractivity contribution in [3.8, 4) is 5.75 Å². The predicted octanol–water partition coefficient (Wildman–Crippen LogP) is 4.58. The minimum Gasteiger partial charge on any atom is -0.495 e. The van der Waals surface area contributed by atoms with Gasteiger partial charge in [-0.2, -0.15) is 13.2 Å². The van der Waals surface area contributed by atoms with Gasteiger partial charge in [0.15, 0.2) is 0 Å². The van der Waals surface area contributed by atoms with E-state index in [1.54, 1.807) is 56.0 Å². The Bertz CT molecular complexity index is 1380. The number of alkyl halides is 3. The number of nitrogens with one attached hydrogen (secondary N) is 3. The average Bonchev–Trinajstić information content (AvgIpc) is 3.41. The Labute approximate surface area is 224 Å². The van der Waals surface area contributed by atoms with Crippen molar-refractivity contribution >= 4 is 28.7 Å². The molecule has 1 aliphatic heterocycles. The second-order valence-electron chi connectivity index (χ2n) is 8.86. The number of anilines is 3. The van der Waals surface area contributed by atoms with Crippen LogP contribution in [0.2, 0.25) is 0 Å². The number of halogens is 3. The lowest BCUT2D eigenvalue weighted by Crippen LogP contribution is -2.36. The fraction of sp³-hybridized carbons (Fsp3) is 0.259. The molecule has 0 unspecified atom stereocenters. The Morgan fingerprint density at radius 1 is 1.13 bits per heavy atom. The molecule has 0 aliphatic carbocycles. The smallest absolute Gasteiger partial charge is 0.418 e. The van der Waals surface area contributed by atoms with Crippen LogP contribution in [-0.4, -0.2) is 45.3 Å². The van der Waals surface area contributed by atoms with Crippen LogP contribution in [0.3, 0.4) is 0 Å². The van der Waals surface area contributed by atoms with E-state index in [2.05, 4.69) is 21.3 Å². The van der Waals surface area contributed by atoms with Gasteiger partial charge in [-0.1, -0.05) is 6.07 Å². The van der Waals surface area contributed by atoms with E-state index in [1.165, 1.54) is 24.1 Å². The summed E-state index contributed by atoms with van der Waals surface area (Å²) in [5.41, 5.74) is 8.59. The van der Waals surface area contributed by atoms with Gasteiger partial charge in [-0.15, -0.1) is 5.53 Å². The summed E-state index contributed by atoms with van der Waals surface area (Å²) in [5.74, 6) is 0.0602. The van der Waals surface area contributed by atoms with Crippen LogP contribution in [-0.2, 0) is 10.9 Å². The number of pyridine rings is 1. The van der Waals surface area contributed by atoms with Crippen LogP contribution in [0.5, 0.6) is 5.75 Å². The first-order valence-electron chi connectivity index (χ1n) is 12.0. The van der Waals surface area contributed by atoms with E-state index < -0.39 is 17.6 Å². The van der Waals surface area contributed by atoms with Gasteiger partial charge >= 0.3 is 6.18 Å². The molecule has 4 rings (SSSR count). The maximum absolute atomic E-state index is 13.8. The van der Waals surface area contributed by atoms with Crippen LogP contribution in [0, 0.1) is 6.92 Å². The molecule has 0 bridgehead atoms. The second-order valence-corrected chi connectivity index (χ2v) is 8.86. The van der Waals surface area contributed by atoms with E-state index in [1.807, 2.05) is 13.0 Å². The fourth-order valence-electron chi connectivity index (χ4n) is 4.00. The van der Waals surface area contributed by atoms with Crippen LogP contribution in [0.1, 0.15) is 27.0 Å². The highest BCUT2D eigenvalue weighted by Crippen LogP contribution is 2.38. The molecule has 0 spiro atoms. The molecule has 1 aromatic heterocycles. The molecule has 0 radical (unpaired) electrons. The Kier molecular flexibility index (Phi) is 8.27. The number of methoxy groups -OCH3 is 2. The maximum Gasteiger partial charge on any atom is 0.418 e. The fourth-order valence-corrected chi connectivity index (χ4v) is 4.00. The molecule has 3 N–H and O–H groups in total. The number of amides is 1. The number of aryl methyl sites for hydroxylation is 1. The quantitative estimate of drug-likeness (QED) is 0.362. The Morgan fingerprint density at radius 3 is 2.64 bits per heavy atom. The summed E-state index contributed by atoms with van der Waals surface area (Å²) >= 11 is 0. The highest BCUT2D eigenvalue weighted by atomic mass is 19.4. The molecule has 9 nitrogen and oxygen atoms in total. The molecule has 0 saturated carbocycles. The first-order chi connectivity index (χ1) is 18.6. The third-order valence-electron chi connectivity index (χ3n) is 6.16. The van der Waals surface area contributed by atoms with Crippen LogP contribution in [0.15, 0.2) is 61.1 Å².